The standard InChI is InChI=1S/C19H22N8S/c1-12(26-27-18(20)21)13-4-2-6-15(10-13)24-19(28)25-16-7-3-5-14(11-16)17-22-8-9-23-17/h2-7,10-11H,8-9H2,1H3,(H,22,23)(H4,20,21,27)(H2,24,25,28)/p+2/b26-12+. The number of nitrogens with zero attached hydrogens (tertiary/aromatic N) is 1. The van der Waals surface area contributed by atoms with Crippen LogP contribution >= 0.6 is 12.2 Å². The first-order valence-electron chi connectivity index (χ1n) is 8.83. The summed E-state index contributed by atoms with van der Waals surface area (Å²) in [7, 11) is 0. The Morgan fingerprint density at radius 1 is 1.14 bits per heavy atom. The molecule has 0 saturated heterocycles. The molecule has 3 rings (SSSR count). The van der Waals surface area contributed by atoms with E-state index in [2.05, 4.69) is 31.1 Å². The second-order valence-corrected chi connectivity index (χ2v) is 6.64. The van der Waals surface area contributed by atoms with Gasteiger partial charge in [0.05, 0.1) is 11.3 Å². The highest BCUT2D eigenvalue weighted by atomic mass is 32.1. The fraction of sp³-hybridized carbons (Fsp3) is 0.158. The van der Waals surface area contributed by atoms with Gasteiger partial charge in [-0.15, -0.1) is 5.10 Å². The number of guanidine groups is 1. The van der Waals surface area contributed by atoms with Crippen LogP contribution in [0.1, 0.15) is 18.1 Å². The molecule has 1 heterocycles. The number of amidine groups is 1. The van der Waals surface area contributed by atoms with Crippen molar-refractivity contribution in [2.75, 3.05) is 23.7 Å². The lowest BCUT2D eigenvalue weighted by Crippen LogP contribution is -2.72. The quantitative estimate of drug-likeness (QED) is 0.136. The van der Waals surface area contributed by atoms with Crippen LogP contribution in [0.25, 0.3) is 0 Å². The molecule has 2 aromatic carbocycles. The molecule has 2 aromatic rings. The van der Waals surface area contributed by atoms with Crippen molar-refractivity contribution >= 4 is 46.2 Å². The van der Waals surface area contributed by atoms with Gasteiger partial charge in [-0.05, 0) is 49.5 Å². The van der Waals surface area contributed by atoms with Gasteiger partial charge in [0.25, 0.3) is 5.84 Å². The average molecular weight is 397 g/mol. The van der Waals surface area contributed by atoms with Crippen molar-refractivity contribution < 1.29 is 10.1 Å². The van der Waals surface area contributed by atoms with Crippen molar-refractivity contribution in [1.29, 1.82) is 0 Å². The third-order valence-corrected chi connectivity index (χ3v) is 4.23. The number of rotatable bonds is 5. The van der Waals surface area contributed by atoms with Gasteiger partial charge in [-0.3, -0.25) is 21.8 Å². The van der Waals surface area contributed by atoms with Gasteiger partial charge in [-0.1, -0.05) is 18.2 Å². The molecule has 8 nitrogen and oxygen atoms in total. The molecule has 28 heavy (non-hydrogen) atoms. The zero-order valence-electron chi connectivity index (χ0n) is 15.5. The van der Waals surface area contributed by atoms with Crippen molar-refractivity contribution in [3.63, 3.8) is 0 Å². The van der Waals surface area contributed by atoms with E-state index in [0.717, 1.165) is 47.1 Å². The minimum absolute atomic E-state index is 0.0439. The van der Waals surface area contributed by atoms with Crippen molar-refractivity contribution in [2.24, 2.45) is 16.6 Å². The summed E-state index contributed by atoms with van der Waals surface area (Å²) in [5.41, 5.74) is 15.2. The van der Waals surface area contributed by atoms with Crippen molar-refractivity contribution in [2.45, 2.75) is 6.92 Å². The number of hydrogen-bond acceptors (Lipinski definition) is 3. The molecule has 0 fully saturated rings. The van der Waals surface area contributed by atoms with Crippen molar-refractivity contribution in [1.82, 2.24) is 5.32 Å². The van der Waals surface area contributed by atoms with Crippen LogP contribution in [0, 0.1) is 0 Å². The van der Waals surface area contributed by atoms with Crippen LogP contribution < -0.4 is 37.5 Å². The minimum Gasteiger partial charge on any atom is -0.332 e. The molecule has 0 spiro atoms. The predicted molar refractivity (Wildman–Crippen MR) is 117 cm³/mol. The summed E-state index contributed by atoms with van der Waals surface area (Å²) in [6, 6.07) is 15.8. The molecule has 0 saturated carbocycles. The molecule has 0 aliphatic carbocycles. The van der Waals surface area contributed by atoms with Gasteiger partial charge in [-0.2, -0.15) is 5.10 Å². The minimum atomic E-state index is 0.0439. The van der Waals surface area contributed by atoms with Crippen LogP contribution in [0.3, 0.4) is 0 Å². The summed E-state index contributed by atoms with van der Waals surface area (Å²) < 4.78 is 0. The molecule has 9 N–H and O–H groups in total. The Labute approximate surface area is 168 Å². The number of anilines is 2. The Kier molecular flexibility index (Phi) is 6.18. The summed E-state index contributed by atoms with van der Waals surface area (Å²) in [6.45, 7) is 3.72. The number of nitrogens with one attached hydrogen (secondary N) is 5. The van der Waals surface area contributed by atoms with E-state index in [1.165, 1.54) is 0 Å². The van der Waals surface area contributed by atoms with Gasteiger partial charge < -0.3 is 10.6 Å². The summed E-state index contributed by atoms with van der Waals surface area (Å²) >= 11 is 5.45. The first-order chi connectivity index (χ1) is 13.5. The van der Waals surface area contributed by atoms with E-state index in [4.69, 9.17) is 23.7 Å². The molecule has 1 aliphatic heterocycles. The van der Waals surface area contributed by atoms with E-state index >= 15 is 0 Å². The Morgan fingerprint density at radius 2 is 1.86 bits per heavy atom. The van der Waals surface area contributed by atoms with Gasteiger partial charge in [0.1, 0.15) is 13.1 Å². The van der Waals surface area contributed by atoms with Crippen molar-refractivity contribution in [3.05, 3.63) is 59.7 Å². The Balaban J connectivity index is 1.67. The number of thiocarbonyl (C=S) groups is 1. The lowest BCUT2D eigenvalue weighted by Gasteiger charge is -2.12. The summed E-state index contributed by atoms with van der Waals surface area (Å²) in [5.74, 6) is 1.08. The molecule has 0 radical (unpaired) electrons. The van der Waals surface area contributed by atoms with Crippen molar-refractivity contribution in [3.8, 4) is 0 Å². The van der Waals surface area contributed by atoms with E-state index in [9.17, 15) is 0 Å². The summed E-state index contributed by atoms with van der Waals surface area (Å²) in [6.07, 6.45) is 0. The fourth-order valence-electron chi connectivity index (χ4n) is 2.72. The number of hydrazone groups is 1. The Hall–Kier alpha value is -3.46. The molecule has 0 amide bonds. The lowest BCUT2D eigenvalue weighted by molar-refractivity contribution is -0.464. The fourth-order valence-corrected chi connectivity index (χ4v) is 2.96. The zero-order valence-corrected chi connectivity index (χ0v) is 16.4. The highest BCUT2D eigenvalue weighted by Crippen LogP contribution is 2.14. The van der Waals surface area contributed by atoms with E-state index in [0.29, 0.717) is 5.11 Å². The molecule has 1 aliphatic rings. The molecule has 0 unspecified atom stereocenters. The van der Waals surface area contributed by atoms with Gasteiger partial charge >= 0.3 is 5.96 Å². The maximum absolute atomic E-state index is 5.45. The maximum Gasteiger partial charge on any atom is 0.362 e. The first kappa shape index (κ1) is 19.3. The summed E-state index contributed by atoms with van der Waals surface area (Å²) in [5, 5.41) is 16.9. The Morgan fingerprint density at radius 3 is 2.54 bits per heavy atom. The van der Waals surface area contributed by atoms with Gasteiger partial charge in [-0.25, -0.2) is 0 Å². The number of benzene rings is 2. The SMILES string of the molecule is C/C(=N\[NH+]=C(N)N)c1cccc(NC(=S)Nc2cccc(C3=[NH+]CCN3)c2)c1. The highest BCUT2D eigenvalue weighted by Gasteiger charge is 2.15. The smallest absolute Gasteiger partial charge is 0.332 e. The molecule has 144 valence electrons. The largest absolute Gasteiger partial charge is 0.362 e. The predicted octanol–water partition coefficient (Wildman–Crippen LogP) is -2.00. The summed E-state index contributed by atoms with van der Waals surface area (Å²) in [4.78, 5) is 3.32. The van der Waals surface area contributed by atoms with Crippen LogP contribution in [0.15, 0.2) is 53.6 Å². The van der Waals surface area contributed by atoms with Crippen LogP contribution in [-0.4, -0.2) is 35.7 Å². The van der Waals surface area contributed by atoms with Crippen LogP contribution in [-0.2, 0) is 0 Å². The Bertz CT molecular complexity index is 960. The van der Waals surface area contributed by atoms with Gasteiger partial charge in [0, 0.05) is 16.9 Å². The van der Waals surface area contributed by atoms with Gasteiger partial charge in [0.2, 0.25) is 0 Å². The van der Waals surface area contributed by atoms with Crippen LogP contribution in [0.4, 0.5) is 11.4 Å². The zero-order chi connectivity index (χ0) is 19.9. The lowest BCUT2D eigenvalue weighted by atomic mass is 10.1. The van der Waals surface area contributed by atoms with E-state index < -0.39 is 0 Å². The van der Waals surface area contributed by atoms with E-state index in [1.54, 1.807) is 0 Å². The average Bonchev–Trinajstić information content (AvgIpc) is 3.21. The highest BCUT2D eigenvalue weighted by molar-refractivity contribution is 7.80. The third-order valence-electron chi connectivity index (χ3n) is 4.03. The number of hydrogen-bond donors (Lipinski definition) is 7. The molecule has 0 bridgehead atoms. The first-order valence-corrected chi connectivity index (χ1v) is 9.24. The molecular weight excluding hydrogens is 372 g/mol. The maximum atomic E-state index is 5.45. The molecule has 0 atom stereocenters. The second kappa shape index (κ2) is 8.96. The second-order valence-electron chi connectivity index (χ2n) is 6.23. The van der Waals surface area contributed by atoms with E-state index in [1.807, 2.05) is 55.5 Å². The van der Waals surface area contributed by atoms with Crippen LogP contribution in [0.2, 0.25) is 0 Å². The van der Waals surface area contributed by atoms with E-state index in [-0.39, 0.29) is 5.96 Å². The number of nitrogens with two attached hydrogens (primary N) is 2. The molecule has 9 heteroatoms. The monoisotopic (exact) mass is 396 g/mol. The third kappa shape index (κ3) is 5.27. The normalized spacial score (nSPS) is 13.3. The van der Waals surface area contributed by atoms with Gasteiger partial charge in [0.15, 0.2) is 5.11 Å². The van der Waals surface area contributed by atoms with Crippen LogP contribution in [0.5, 0.6) is 0 Å². The molecular formula is C19H24N8S+2. The molecule has 0 aromatic heterocycles. The topological polar surface area (TPSA) is 128 Å².